The zero-order valence-electron chi connectivity index (χ0n) is 12.6. The summed E-state index contributed by atoms with van der Waals surface area (Å²) in [5.41, 5.74) is 0.116. The summed E-state index contributed by atoms with van der Waals surface area (Å²) in [7, 11) is 0. The maximum absolute atomic E-state index is 11.6. The molecule has 0 radical (unpaired) electrons. The Kier molecular flexibility index (Phi) is 4.89. The molecule has 1 fully saturated rings. The zero-order chi connectivity index (χ0) is 15.8. The third-order valence-electron chi connectivity index (χ3n) is 5.54. The van der Waals surface area contributed by atoms with Crippen molar-refractivity contribution in [3.8, 4) is 0 Å². The number of hydrogen-bond acceptors (Lipinski definition) is 2. The summed E-state index contributed by atoms with van der Waals surface area (Å²) in [5, 5.41) is 11.6. The molecule has 0 heterocycles. The minimum atomic E-state index is -0.930. The van der Waals surface area contributed by atoms with Crippen LogP contribution in [0.3, 0.4) is 0 Å². The Morgan fingerprint density at radius 3 is 2.29 bits per heavy atom. The Morgan fingerprint density at radius 1 is 1.24 bits per heavy atom. The molecule has 0 bridgehead atoms. The number of rotatable bonds is 4. The van der Waals surface area contributed by atoms with Crippen molar-refractivity contribution in [1.82, 2.24) is 0 Å². The number of benzene rings is 1. The van der Waals surface area contributed by atoms with Gasteiger partial charge in [-0.25, -0.2) is 0 Å². The van der Waals surface area contributed by atoms with Crippen LogP contribution >= 0.6 is 31.9 Å². The topological polar surface area (TPSA) is 40.1 Å². The molecule has 0 spiro atoms. The lowest BCUT2D eigenvalue weighted by Gasteiger charge is -2.44. The van der Waals surface area contributed by atoms with Crippen molar-refractivity contribution in [2.24, 2.45) is 16.7 Å². The van der Waals surface area contributed by atoms with E-state index < -0.39 is 11.4 Å². The van der Waals surface area contributed by atoms with E-state index in [9.17, 15) is 9.90 Å². The Hall–Kier alpha value is -0.350. The van der Waals surface area contributed by atoms with E-state index >= 15 is 0 Å². The normalized spacial score (nSPS) is 30.8. The predicted octanol–water partition coefficient (Wildman–Crippen LogP) is 4.08. The van der Waals surface area contributed by atoms with Crippen LogP contribution in [0.1, 0.15) is 44.0 Å². The number of carboxylic acids is 1. The van der Waals surface area contributed by atoms with Gasteiger partial charge in [0.25, 0.3) is 0 Å². The van der Waals surface area contributed by atoms with Gasteiger partial charge in [0.2, 0.25) is 0 Å². The van der Waals surface area contributed by atoms with Gasteiger partial charge in [0, 0.05) is 16.2 Å². The lowest BCUT2D eigenvalue weighted by molar-refractivity contribution is -0.323. The third kappa shape index (κ3) is 2.81. The molecule has 0 saturated heterocycles. The average Bonchev–Trinajstić information content (AvgIpc) is 2.70. The van der Waals surface area contributed by atoms with Crippen molar-refractivity contribution < 1.29 is 9.90 Å². The van der Waals surface area contributed by atoms with E-state index in [0.29, 0.717) is 6.42 Å². The fraction of sp³-hybridized carbons (Fsp3) is 0.588. The first-order chi connectivity index (χ1) is 9.72. The summed E-state index contributed by atoms with van der Waals surface area (Å²) in [6, 6.07) is 10.2. The molecular formula is C17H21Br2O2-. The summed E-state index contributed by atoms with van der Waals surface area (Å²) in [4.78, 5) is 11.9. The SMILES string of the molecule is CC1(C)[C@@H]([C@H](Br)[C@H](Br)c2ccccc2)CC[C@@]1(C)C(=O)[O-]. The van der Waals surface area contributed by atoms with Crippen molar-refractivity contribution >= 4 is 37.8 Å². The molecule has 0 amide bonds. The average molecular weight is 417 g/mol. The number of aliphatic carboxylic acids is 1. The second-order valence-corrected chi connectivity index (χ2v) is 8.79. The number of carbonyl (C=O) groups excluding carboxylic acids is 1. The molecule has 1 aromatic carbocycles. The van der Waals surface area contributed by atoms with E-state index in [1.54, 1.807) is 0 Å². The number of alkyl halides is 2. The number of hydrogen-bond donors (Lipinski definition) is 0. The highest BCUT2D eigenvalue weighted by Crippen LogP contribution is 2.59. The molecule has 1 aliphatic rings. The molecule has 4 atom stereocenters. The largest absolute Gasteiger partial charge is 0.550 e. The molecular weight excluding hydrogens is 396 g/mol. The maximum Gasteiger partial charge on any atom is 0.0523 e. The predicted molar refractivity (Wildman–Crippen MR) is 90.4 cm³/mol. The van der Waals surface area contributed by atoms with Crippen LogP contribution in [0.25, 0.3) is 0 Å². The summed E-state index contributed by atoms with van der Waals surface area (Å²) < 4.78 is 0. The van der Waals surface area contributed by atoms with Crippen molar-refractivity contribution in [2.45, 2.75) is 43.3 Å². The second-order valence-electron chi connectivity index (χ2n) is 6.74. The third-order valence-corrected chi connectivity index (χ3v) is 8.51. The Balaban J connectivity index is 2.25. The summed E-state index contributed by atoms with van der Waals surface area (Å²) in [6.07, 6.45) is 1.56. The van der Waals surface area contributed by atoms with Gasteiger partial charge in [-0.15, -0.1) is 0 Å². The van der Waals surface area contributed by atoms with Crippen molar-refractivity contribution in [3.05, 3.63) is 35.9 Å². The van der Waals surface area contributed by atoms with Gasteiger partial charge in [-0.1, -0.05) is 83.0 Å². The molecule has 1 saturated carbocycles. The van der Waals surface area contributed by atoms with Crippen molar-refractivity contribution in [1.29, 1.82) is 0 Å². The van der Waals surface area contributed by atoms with Crippen LogP contribution in [0.5, 0.6) is 0 Å². The van der Waals surface area contributed by atoms with Crippen molar-refractivity contribution in [2.75, 3.05) is 0 Å². The Labute approximate surface area is 143 Å². The fourth-order valence-electron chi connectivity index (χ4n) is 3.48. The van der Waals surface area contributed by atoms with Gasteiger partial charge in [0.05, 0.1) is 4.83 Å². The van der Waals surface area contributed by atoms with Gasteiger partial charge in [0.15, 0.2) is 0 Å². The molecule has 0 aliphatic heterocycles. The maximum atomic E-state index is 11.6. The number of carboxylic acid groups (broad SMARTS) is 1. The van der Waals surface area contributed by atoms with Crippen LogP contribution in [-0.2, 0) is 4.79 Å². The van der Waals surface area contributed by atoms with Gasteiger partial charge >= 0.3 is 0 Å². The van der Waals surface area contributed by atoms with Gasteiger partial charge in [-0.2, -0.15) is 0 Å². The van der Waals surface area contributed by atoms with Crippen LogP contribution in [0.15, 0.2) is 30.3 Å². The first-order valence-corrected chi connectivity index (χ1v) is 9.09. The van der Waals surface area contributed by atoms with Crippen LogP contribution in [-0.4, -0.2) is 10.8 Å². The Bertz CT molecular complexity index is 515. The van der Waals surface area contributed by atoms with E-state index in [0.717, 1.165) is 6.42 Å². The van der Waals surface area contributed by atoms with Crippen LogP contribution in [0.4, 0.5) is 0 Å². The molecule has 2 nitrogen and oxygen atoms in total. The molecule has 1 aromatic rings. The molecule has 2 rings (SSSR count). The van der Waals surface area contributed by atoms with E-state index in [2.05, 4.69) is 57.8 Å². The van der Waals surface area contributed by atoms with Gasteiger partial charge in [0.1, 0.15) is 0 Å². The lowest BCUT2D eigenvalue weighted by atomic mass is 9.65. The quantitative estimate of drug-likeness (QED) is 0.693. The molecule has 0 unspecified atom stereocenters. The van der Waals surface area contributed by atoms with Crippen LogP contribution in [0.2, 0.25) is 0 Å². The smallest absolute Gasteiger partial charge is 0.0523 e. The molecule has 0 N–H and O–H groups in total. The van der Waals surface area contributed by atoms with E-state index in [1.807, 2.05) is 25.1 Å². The van der Waals surface area contributed by atoms with Gasteiger partial charge < -0.3 is 9.90 Å². The first-order valence-electron chi connectivity index (χ1n) is 7.26. The molecule has 21 heavy (non-hydrogen) atoms. The standard InChI is InChI=1S/C17H22Br2O2/c1-16(2)12(9-10-17(16,3)15(20)21)14(19)13(18)11-7-5-4-6-8-11/h4-8,12-14H,9-10H2,1-3H3,(H,20,21)/p-1/t12-,13-,14+,17+/m1/s1. The zero-order valence-corrected chi connectivity index (χ0v) is 15.8. The minimum Gasteiger partial charge on any atom is -0.550 e. The number of carbonyl (C=O) groups is 1. The molecule has 4 heteroatoms. The van der Waals surface area contributed by atoms with Crippen molar-refractivity contribution in [3.63, 3.8) is 0 Å². The molecule has 0 aromatic heterocycles. The fourth-order valence-corrected chi connectivity index (χ4v) is 5.39. The van der Waals surface area contributed by atoms with E-state index in [1.165, 1.54) is 5.56 Å². The summed E-state index contributed by atoms with van der Waals surface area (Å²) in [5.74, 6) is -0.662. The highest BCUT2D eigenvalue weighted by Gasteiger charge is 2.54. The summed E-state index contributed by atoms with van der Waals surface area (Å²) in [6.45, 7) is 5.94. The van der Waals surface area contributed by atoms with Crippen LogP contribution in [0, 0.1) is 16.7 Å². The molecule has 116 valence electrons. The lowest BCUT2D eigenvalue weighted by Crippen LogP contribution is -2.49. The Morgan fingerprint density at radius 2 is 1.81 bits per heavy atom. The number of halogens is 2. The summed E-state index contributed by atoms with van der Waals surface area (Å²) >= 11 is 7.60. The van der Waals surface area contributed by atoms with Gasteiger partial charge in [-0.3, -0.25) is 0 Å². The van der Waals surface area contributed by atoms with Crippen LogP contribution < -0.4 is 5.11 Å². The highest BCUT2D eigenvalue weighted by molar-refractivity contribution is 9.12. The van der Waals surface area contributed by atoms with E-state index in [-0.39, 0.29) is 21.0 Å². The highest BCUT2D eigenvalue weighted by atomic mass is 79.9. The molecule has 1 aliphatic carbocycles. The minimum absolute atomic E-state index is 0.159. The first kappa shape index (κ1) is 17.0. The van der Waals surface area contributed by atoms with E-state index in [4.69, 9.17) is 0 Å². The second kappa shape index (κ2) is 6.04. The van der Waals surface area contributed by atoms with Gasteiger partial charge in [-0.05, 0) is 29.7 Å². The monoisotopic (exact) mass is 415 g/mol.